The van der Waals surface area contributed by atoms with E-state index in [1.807, 2.05) is 60.7 Å². The normalized spacial score (nSPS) is 20.2. The summed E-state index contributed by atoms with van der Waals surface area (Å²) in [4.78, 5) is 25.3. The number of fused-ring (bicyclic) bond motifs is 2. The number of aromatic nitrogens is 4. The lowest BCUT2D eigenvalue weighted by Gasteiger charge is -2.24. The third-order valence-electron chi connectivity index (χ3n) is 7.43. The van der Waals surface area contributed by atoms with Crippen molar-refractivity contribution in [1.29, 1.82) is 0 Å². The molecule has 6 rings (SSSR count). The molecule has 2 aromatic heterocycles. The number of nitrogens with two attached hydrogens (primary N) is 1. The summed E-state index contributed by atoms with van der Waals surface area (Å²) >= 11 is 6.00. The Hall–Kier alpha value is -4.06. The van der Waals surface area contributed by atoms with E-state index < -0.39 is 37.9 Å². The number of imidazole rings is 1. The summed E-state index contributed by atoms with van der Waals surface area (Å²) in [6.07, 6.45) is -1.21. The number of anilines is 1. The van der Waals surface area contributed by atoms with E-state index in [0.717, 1.165) is 16.3 Å². The zero-order chi connectivity index (χ0) is 31.6. The number of hydrogen-bond donors (Lipinski definition) is 2. The maximum absolute atomic E-state index is 14.4. The van der Waals surface area contributed by atoms with Crippen LogP contribution < -0.4 is 10.3 Å². The third-order valence-corrected chi connectivity index (χ3v) is 9.61. The molecule has 0 saturated carbocycles. The van der Waals surface area contributed by atoms with Gasteiger partial charge in [-0.05, 0) is 28.6 Å². The van der Waals surface area contributed by atoms with Crippen molar-refractivity contribution in [3.05, 3.63) is 90.0 Å². The number of nitrogen functional groups attached to an aromatic ring is 1. The highest BCUT2D eigenvalue weighted by molar-refractivity contribution is 7.54. The molecule has 1 saturated heterocycles. The molecule has 12 nitrogen and oxygen atoms in total. The number of carbonyl (C=O) groups is 1. The fourth-order valence-electron chi connectivity index (χ4n) is 5.20. The number of carbonyl (C=O) groups excluding carboxylic acids is 1. The number of rotatable bonds is 11. The van der Waals surface area contributed by atoms with Crippen LogP contribution in [0.4, 0.5) is 5.82 Å². The van der Waals surface area contributed by atoms with E-state index in [4.69, 9.17) is 35.9 Å². The van der Waals surface area contributed by atoms with E-state index in [-0.39, 0.29) is 36.9 Å². The molecular formula is C31H31ClN5O7P. The van der Waals surface area contributed by atoms with Crippen LogP contribution in [0.2, 0.25) is 5.28 Å². The Bertz CT molecular complexity index is 1870. The Morgan fingerprint density at radius 3 is 2.71 bits per heavy atom. The Morgan fingerprint density at radius 2 is 1.89 bits per heavy atom. The molecule has 3 heterocycles. The van der Waals surface area contributed by atoms with Gasteiger partial charge in [-0.2, -0.15) is 9.97 Å². The first-order chi connectivity index (χ1) is 21.7. The summed E-state index contributed by atoms with van der Waals surface area (Å²) in [6.45, 7) is 1.51. The molecule has 0 bridgehead atoms. The van der Waals surface area contributed by atoms with Gasteiger partial charge in [0.2, 0.25) is 5.28 Å². The third kappa shape index (κ3) is 6.95. The zero-order valence-electron chi connectivity index (χ0n) is 24.2. The highest BCUT2D eigenvalue weighted by Gasteiger charge is 2.40. The van der Waals surface area contributed by atoms with Gasteiger partial charge in [-0.15, -0.1) is 0 Å². The topological polar surface area (TPSA) is 161 Å². The second-order valence-corrected chi connectivity index (χ2v) is 13.2. The van der Waals surface area contributed by atoms with Crippen molar-refractivity contribution in [2.75, 3.05) is 18.5 Å². The Labute approximate surface area is 263 Å². The first-order valence-electron chi connectivity index (χ1n) is 14.3. The number of ether oxygens (including phenoxy) is 2. The van der Waals surface area contributed by atoms with Crippen molar-refractivity contribution in [2.45, 2.75) is 38.4 Å². The van der Waals surface area contributed by atoms with E-state index in [2.05, 4.69) is 15.0 Å². The molecule has 1 aliphatic heterocycles. The monoisotopic (exact) mass is 651 g/mol. The molecule has 3 N–H and O–H groups in total. The van der Waals surface area contributed by atoms with Crippen LogP contribution in [0.25, 0.3) is 21.9 Å². The molecule has 3 aromatic carbocycles. The van der Waals surface area contributed by atoms with Crippen molar-refractivity contribution in [3.8, 4) is 5.75 Å². The molecule has 0 aliphatic carbocycles. The molecule has 0 amide bonds. The van der Waals surface area contributed by atoms with E-state index in [1.54, 1.807) is 19.1 Å². The van der Waals surface area contributed by atoms with Crippen LogP contribution >= 0.6 is 19.2 Å². The molecule has 5 atom stereocenters. The standard InChI is InChI=1S/C31H31ClN5O7P/c1-19(30(39)41-15-20-8-3-2-4-9-20)17-45(40,44-25-13-7-11-21-10-5-6-12-23(21)25)42-16-22-14-24(38)29(43-22)37-18-34-26-27(33)35-31(32)36-28(26)37/h2-13,18-19,22,24,29,38H,14-17H2,1H3,(H2,33,35,36)/t19-,22+,24-,29-,45?/m1/s1. The quantitative estimate of drug-likeness (QED) is 0.105. The molecule has 45 heavy (non-hydrogen) atoms. The van der Waals surface area contributed by atoms with Crippen LogP contribution in [0.15, 0.2) is 79.1 Å². The minimum Gasteiger partial charge on any atom is -0.461 e. The summed E-state index contributed by atoms with van der Waals surface area (Å²) in [7, 11) is -3.99. The van der Waals surface area contributed by atoms with Crippen molar-refractivity contribution >= 4 is 52.9 Å². The molecule has 1 unspecified atom stereocenters. The second-order valence-electron chi connectivity index (χ2n) is 10.8. The lowest BCUT2D eigenvalue weighted by molar-refractivity contribution is -0.148. The average molecular weight is 652 g/mol. The molecule has 1 fully saturated rings. The number of hydrogen-bond acceptors (Lipinski definition) is 11. The molecular weight excluding hydrogens is 621 g/mol. The number of esters is 1. The Balaban J connectivity index is 1.19. The van der Waals surface area contributed by atoms with Gasteiger partial charge in [0.15, 0.2) is 17.7 Å². The second kappa shape index (κ2) is 13.1. The highest BCUT2D eigenvalue weighted by atomic mass is 35.5. The summed E-state index contributed by atoms with van der Waals surface area (Å²) in [5, 5.41) is 12.4. The van der Waals surface area contributed by atoms with Crippen LogP contribution in [-0.4, -0.2) is 55.6 Å². The van der Waals surface area contributed by atoms with E-state index in [0.29, 0.717) is 16.9 Å². The number of nitrogens with zero attached hydrogens (tertiary/aromatic N) is 4. The van der Waals surface area contributed by atoms with Gasteiger partial charge in [0.1, 0.15) is 24.0 Å². The SMILES string of the molecule is C[C@H](CP(=O)(OC[C@@H]1C[C@@H](O)[C@H](n2cnc3c(N)nc(Cl)nc32)O1)Oc1cccc2ccccc12)C(=O)OCc1ccccc1. The van der Waals surface area contributed by atoms with Gasteiger partial charge in [-0.1, -0.05) is 73.7 Å². The first-order valence-corrected chi connectivity index (χ1v) is 16.4. The highest BCUT2D eigenvalue weighted by Crippen LogP contribution is 2.52. The molecule has 0 spiro atoms. The van der Waals surface area contributed by atoms with E-state index >= 15 is 0 Å². The summed E-state index contributed by atoms with van der Waals surface area (Å²) in [5.41, 5.74) is 7.37. The molecule has 14 heteroatoms. The van der Waals surface area contributed by atoms with Crippen LogP contribution in [0.3, 0.4) is 0 Å². The fourth-order valence-corrected chi connectivity index (χ4v) is 7.28. The lowest BCUT2D eigenvalue weighted by atomic mass is 10.1. The minimum absolute atomic E-state index is 0.0722. The first kappa shape index (κ1) is 30.9. The van der Waals surface area contributed by atoms with Gasteiger partial charge < -0.3 is 24.8 Å². The van der Waals surface area contributed by atoms with Gasteiger partial charge in [-0.25, -0.2) is 9.55 Å². The average Bonchev–Trinajstić information content (AvgIpc) is 3.62. The fraction of sp³-hybridized carbons (Fsp3) is 0.290. The van der Waals surface area contributed by atoms with Gasteiger partial charge in [0.25, 0.3) is 0 Å². The molecule has 0 radical (unpaired) electrons. The van der Waals surface area contributed by atoms with Gasteiger partial charge in [0.05, 0.1) is 31.1 Å². The van der Waals surface area contributed by atoms with Crippen molar-refractivity contribution in [1.82, 2.24) is 19.5 Å². The van der Waals surface area contributed by atoms with Crippen LogP contribution in [0, 0.1) is 5.92 Å². The van der Waals surface area contributed by atoms with Crippen LogP contribution in [0.5, 0.6) is 5.75 Å². The number of benzene rings is 3. The maximum Gasteiger partial charge on any atom is 0.380 e. The Kier molecular flexibility index (Phi) is 9.02. The molecule has 234 valence electrons. The summed E-state index contributed by atoms with van der Waals surface area (Å²) < 4.78 is 39.6. The van der Waals surface area contributed by atoms with E-state index in [9.17, 15) is 14.5 Å². The molecule has 1 aliphatic rings. The lowest BCUT2D eigenvalue weighted by Crippen LogP contribution is -2.22. The predicted octanol–water partition coefficient (Wildman–Crippen LogP) is 5.53. The number of aliphatic hydroxyl groups excluding tert-OH is 1. The van der Waals surface area contributed by atoms with Crippen molar-refractivity contribution in [2.24, 2.45) is 5.92 Å². The van der Waals surface area contributed by atoms with E-state index in [1.165, 1.54) is 10.9 Å². The van der Waals surface area contributed by atoms with Gasteiger partial charge in [0, 0.05) is 11.8 Å². The number of aliphatic hydroxyl groups is 1. The van der Waals surface area contributed by atoms with Gasteiger partial charge in [-0.3, -0.25) is 13.9 Å². The summed E-state index contributed by atoms with van der Waals surface area (Å²) in [5.74, 6) is -0.905. The zero-order valence-corrected chi connectivity index (χ0v) is 25.9. The predicted molar refractivity (Wildman–Crippen MR) is 168 cm³/mol. The minimum atomic E-state index is -3.99. The molecule has 5 aromatic rings. The maximum atomic E-state index is 14.4. The van der Waals surface area contributed by atoms with Crippen molar-refractivity contribution < 1.29 is 33.0 Å². The van der Waals surface area contributed by atoms with Crippen LogP contribution in [-0.2, 0) is 30.0 Å². The van der Waals surface area contributed by atoms with Gasteiger partial charge >= 0.3 is 13.6 Å². The van der Waals surface area contributed by atoms with Crippen molar-refractivity contribution in [3.63, 3.8) is 0 Å². The smallest absolute Gasteiger partial charge is 0.380 e. The van der Waals surface area contributed by atoms with Crippen LogP contribution in [0.1, 0.15) is 25.1 Å². The largest absolute Gasteiger partial charge is 0.461 e. The Morgan fingerprint density at radius 1 is 1.13 bits per heavy atom. The summed E-state index contributed by atoms with van der Waals surface area (Å²) in [6, 6.07) is 22.2. The number of halogens is 1.